The van der Waals surface area contributed by atoms with E-state index in [2.05, 4.69) is 30.4 Å². The molecule has 1 atom stereocenters. The Morgan fingerprint density at radius 1 is 1.25 bits per heavy atom. The Balaban J connectivity index is 1.83. The summed E-state index contributed by atoms with van der Waals surface area (Å²) in [4.78, 5) is 0. The lowest BCUT2D eigenvalue weighted by molar-refractivity contribution is 0.394. The fourth-order valence-electron chi connectivity index (χ4n) is 3.49. The first-order valence-electron chi connectivity index (χ1n) is 8.08. The van der Waals surface area contributed by atoms with E-state index in [1.165, 1.54) is 49.5 Å². The third-order valence-corrected chi connectivity index (χ3v) is 4.57. The Bertz CT molecular complexity index is 539. The molecule has 0 saturated heterocycles. The van der Waals surface area contributed by atoms with Crippen molar-refractivity contribution in [1.82, 2.24) is 5.32 Å². The summed E-state index contributed by atoms with van der Waals surface area (Å²) in [5.41, 5.74) is 2.36. The number of benzene rings is 1. The van der Waals surface area contributed by atoms with Gasteiger partial charge in [-0.2, -0.15) is 0 Å². The molecule has 0 bridgehead atoms. The quantitative estimate of drug-likeness (QED) is 0.795. The molecule has 20 heavy (non-hydrogen) atoms. The van der Waals surface area contributed by atoms with Crippen molar-refractivity contribution in [3.8, 4) is 0 Å². The molecule has 2 aromatic rings. The summed E-state index contributed by atoms with van der Waals surface area (Å²) in [6.45, 7) is 3.31. The van der Waals surface area contributed by atoms with Crippen molar-refractivity contribution in [1.29, 1.82) is 0 Å². The van der Waals surface area contributed by atoms with Crippen LogP contribution in [0.25, 0.3) is 11.0 Å². The molecule has 2 nitrogen and oxygen atoms in total. The molecule has 1 aliphatic carbocycles. The first-order valence-corrected chi connectivity index (χ1v) is 8.08. The number of rotatable bonds is 6. The predicted molar refractivity (Wildman–Crippen MR) is 83.8 cm³/mol. The van der Waals surface area contributed by atoms with Gasteiger partial charge in [0.05, 0.1) is 6.26 Å². The molecule has 1 saturated carbocycles. The Morgan fingerprint density at radius 2 is 2.05 bits per heavy atom. The van der Waals surface area contributed by atoms with Crippen molar-refractivity contribution in [2.24, 2.45) is 5.92 Å². The average Bonchev–Trinajstić information content (AvgIpc) is 3.12. The van der Waals surface area contributed by atoms with Gasteiger partial charge in [0, 0.05) is 17.0 Å². The third-order valence-electron chi connectivity index (χ3n) is 4.57. The predicted octanol–water partition coefficient (Wildman–Crippen LogP) is 5.05. The molecule has 108 valence electrons. The SMILES string of the molecule is CCCNC(CC1CCCC1)c1coc2ccccc12. The molecule has 1 unspecified atom stereocenters. The summed E-state index contributed by atoms with van der Waals surface area (Å²) in [5, 5.41) is 5.01. The third kappa shape index (κ3) is 2.90. The molecule has 0 spiro atoms. The van der Waals surface area contributed by atoms with E-state index in [0.29, 0.717) is 6.04 Å². The zero-order valence-corrected chi connectivity index (χ0v) is 12.4. The van der Waals surface area contributed by atoms with Crippen LogP contribution in [0, 0.1) is 5.92 Å². The van der Waals surface area contributed by atoms with Crippen molar-refractivity contribution < 1.29 is 4.42 Å². The van der Waals surface area contributed by atoms with Gasteiger partial charge in [0.2, 0.25) is 0 Å². The highest BCUT2D eigenvalue weighted by molar-refractivity contribution is 5.81. The maximum Gasteiger partial charge on any atom is 0.134 e. The van der Waals surface area contributed by atoms with E-state index in [-0.39, 0.29) is 0 Å². The van der Waals surface area contributed by atoms with Crippen LogP contribution in [0.2, 0.25) is 0 Å². The maximum atomic E-state index is 5.73. The Morgan fingerprint density at radius 3 is 2.85 bits per heavy atom. The summed E-state index contributed by atoms with van der Waals surface area (Å²) in [6, 6.07) is 8.84. The van der Waals surface area contributed by atoms with E-state index in [9.17, 15) is 0 Å². The topological polar surface area (TPSA) is 25.2 Å². The molecule has 2 heteroatoms. The normalized spacial score (nSPS) is 17.9. The summed E-state index contributed by atoms with van der Waals surface area (Å²) in [7, 11) is 0. The van der Waals surface area contributed by atoms with Crippen LogP contribution < -0.4 is 5.32 Å². The molecule has 1 heterocycles. The van der Waals surface area contributed by atoms with E-state index in [4.69, 9.17) is 4.42 Å². The van der Waals surface area contributed by atoms with Crippen LogP contribution in [0.5, 0.6) is 0 Å². The minimum absolute atomic E-state index is 0.446. The average molecular weight is 271 g/mol. The number of nitrogens with one attached hydrogen (secondary N) is 1. The van der Waals surface area contributed by atoms with Crippen LogP contribution in [0.3, 0.4) is 0 Å². The second-order valence-electron chi connectivity index (χ2n) is 6.08. The van der Waals surface area contributed by atoms with Crippen molar-refractivity contribution in [2.75, 3.05) is 6.54 Å². The Labute approximate surface area is 121 Å². The summed E-state index contributed by atoms with van der Waals surface area (Å²) in [5.74, 6) is 0.887. The summed E-state index contributed by atoms with van der Waals surface area (Å²) < 4.78 is 5.73. The van der Waals surface area contributed by atoms with Crippen LogP contribution >= 0.6 is 0 Å². The van der Waals surface area contributed by atoms with Gasteiger partial charge in [0.25, 0.3) is 0 Å². The van der Waals surface area contributed by atoms with Gasteiger partial charge in [-0.1, -0.05) is 50.8 Å². The van der Waals surface area contributed by atoms with Gasteiger partial charge in [0.15, 0.2) is 0 Å². The van der Waals surface area contributed by atoms with E-state index in [1.54, 1.807) is 0 Å². The van der Waals surface area contributed by atoms with Gasteiger partial charge < -0.3 is 9.73 Å². The minimum atomic E-state index is 0.446. The van der Waals surface area contributed by atoms with Crippen LogP contribution in [0.1, 0.15) is 57.1 Å². The highest BCUT2D eigenvalue weighted by atomic mass is 16.3. The second kappa shape index (κ2) is 6.45. The number of hydrogen-bond acceptors (Lipinski definition) is 2. The van der Waals surface area contributed by atoms with E-state index >= 15 is 0 Å². The molecule has 1 aromatic carbocycles. The molecule has 1 fully saturated rings. The minimum Gasteiger partial charge on any atom is -0.464 e. The lowest BCUT2D eigenvalue weighted by Crippen LogP contribution is -2.23. The summed E-state index contributed by atoms with van der Waals surface area (Å²) in [6.07, 6.45) is 10.0. The monoisotopic (exact) mass is 271 g/mol. The highest BCUT2D eigenvalue weighted by Gasteiger charge is 2.23. The number of hydrogen-bond donors (Lipinski definition) is 1. The lowest BCUT2D eigenvalue weighted by atomic mass is 9.93. The number of fused-ring (bicyclic) bond motifs is 1. The van der Waals surface area contributed by atoms with Crippen molar-refractivity contribution >= 4 is 11.0 Å². The summed E-state index contributed by atoms with van der Waals surface area (Å²) >= 11 is 0. The zero-order valence-electron chi connectivity index (χ0n) is 12.4. The molecule has 0 aliphatic heterocycles. The van der Waals surface area contributed by atoms with Crippen LogP contribution in [0.15, 0.2) is 34.9 Å². The van der Waals surface area contributed by atoms with Crippen LogP contribution in [0.4, 0.5) is 0 Å². The van der Waals surface area contributed by atoms with Gasteiger partial charge in [0.1, 0.15) is 5.58 Å². The van der Waals surface area contributed by atoms with Crippen molar-refractivity contribution in [2.45, 2.75) is 51.5 Å². The van der Waals surface area contributed by atoms with E-state index in [1.807, 2.05) is 12.3 Å². The van der Waals surface area contributed by atoms with Gasteiger partial charge in [-0.3, -0.25) is 0 Å². The Hall–Kier alpha value is -1.28. The van der Waals surface area contributed by atoms with E-state index in [0.717, 1.165) is 18.0 Å². The van der Waals surface area contributed by atoms with Crippen LogP contribution in [-0.2, 0) is 0 Å². The van der Waals surface area contributed by atoms with Crippen LogP contribution in [-0.4, -0.2) is 6.54 Å². The molecular formula is C18H25NO. The number of para-hydroxylation sites is 1. The molecule has 0 amide bonds. The highest BCUT2D eigenvalue weighted by Crippen LogP contribution is 2.35. The van der Waals surface area contributed by atoms with Gasteiger partial charge in [-0.25, -0.2) is 0 Å². The van der Waals surface area contributed by atoms with Crippen molar-refractivity contribution in [3.05, 3.63) is 36.1 Å². The molecule has 3 rings (SSSR count). The smallest absolute Gasteiger partial charge is 0.134 e. The zero-order chi connectivity index (χ0) is 13.8. The molecular weight excluding hydrogens is 246 g/mol. The first kappa shape index (κ1) is 13.7. The largest absolute Gasteiger partial charge is 0.464 e. The first-order chi connectivity index (χ1) is 9.88. The fourth-order valence-corrected chi connectivity index (χ4v) is 3.49. The fraction of sp³-hybridized carbons (Fsp3) is 0.556. The molecule has 1 aromatic heterocycles. The van der Waals surface area contributed by atoms with Crippen molar-refractivity contribution in [3.63, 3.8) is 0 Å². The molecule has 1 aliphatic rings. The Kier molecular flexibility index (Phi) is 4.41. The van der Waals surface area contributed by atoms with Gasteiger partial charge in [-0.15, -0.1) is 0 Å². The number of furan rings is 1. The van der Waals surface area contributed by atoms with E-state index < -0.39 is 0 Å². The van der Waals surface area contributed by atoms with Gasteiger partial charge in [-0.05, 0) is 31.4 Å². The lowest BCUT2D eigenvalue weighted by Gasteiger charge is -2.21. The second-order valence-corrected chi connectivity index (χ2v) is 6.08. The maximum absolute atomic E-state index is 5.73. The van der Waals surface area contributed by atoms with Gasteiger partial charge >= 0.3 is 0 Å². The molecule has 1 N–H and O–H groups in total. The molecule has 0 radical (unpaired) electrons. The standard InChI is InChI=1S/C18H25NO/c1-2-11-19-17(12-14-7-3-4-8-14)16-13-20-18-10-6-5-9-15(16)18/h5-6,9-10,13-14,17,19H,2-4,7-8,11-12H2,1H3.